The van der Waals surface area contributed by atoms with Crippen LogP contribution in [0.3, 0.4) is 0 Å². The summed E-state index contributed by atoms with van der Waals surface area (Å²) < 4.78 is 27.8. The van der Waals surface area contributed by atoms with E-state index in [0.29, 0.717) is 19.1 Å². The second-order valence-electron chi connectivity index (χ2n) is 8.25. The molecular formula is C22H32N4O3S. The van der Waals surface area contributed by atoms with E-state index in [9.17, 15) is 18.5 Å². The zero-order valence-electron chi connectivity index (χ0n) is 18.2. The second kappa shape index (κ2) is 9.36. The minimum Gasteiger partial charge on any atom is -0.346 e. The summed E-state index contributed by atoms with van der Waals surface area (Å²) in [5.41, 5.74) is 3.27. The Morgan fingerprint density at radius 1 is 1.17 bits per heavy atom. The number of hydrogen-bond acceptors (Lipinski definition) is 4. The van der Waals surface area contributed by atoms with E-state index in [1.165, 1.54) is 36.4 Å². The lowest BCUT2D eigenvalue weighted by molar-refractivity contribution is -0.127. The van der Waals surface area contributed by atoms with Crippen LogP contribution in [0.25, 0.3) is 6.08 Å². The smallest absolute Gasteiger partial charge is 0.264 e. The molecule has 0 spiro atoms. The van der Waals surface area contributed by atoms with Crippen molar-refractivity contribution in [1.82, 2.24) is 13.8 Å². The van der Waals surface area contributed by atoms with Crippen LogP contribution in [0.4, 0.5) is 0 Å². The Morgan fingerprint density at radius 2 is 1.80 bits per heavy atom. The Hall–Kier alpha value is -2.11. The Balaban J connectivity index is 1.76. The van der Waals surface area contributed by atoms with Gasteiger partial charge in [-0.3, -0.25) is 4.79 Å². The monoisotopic (exact) mass is 432 g/mol. The molecule has 1 saturated heterocycles. The third kappa shape index (κ3) is 4.62. The zero-order chi connectivity index (χ0) is 21.9. The number of carbonyl (C=O) groups excluding carboxylic acids is 1. The lowest BCUT2D eigenvalue weighted by atomic mass is 9.95. The number of hydrogen-bond donors (Lipinski definition) is 0. The van der Waals surface area contributed by atoms with E-state index in [1.807, 2.05) is 0 Å². The summed E-state index contributed by atoms with van der Waals surface area (Å²) in [5, 5.41) is 9.64. The van der Waals surface area contributed by atoms with Gasteiger partial charge in [0.05, 0.1) is 5.75 Å². The maximum atomic E-state index is 12.9. The number of sulfonamides is 1. The number of nitriles is 1. The van der Waals surface area contributed by atoms with Crippen molar-refractivity contribution in [3.63, 3.8) is 0 Å². The van der Waals surface area contributed by atoms with Crippen LogP contribution in [0.15, 0.2) is 11.6 Å². The van der Waals surface area contributed by atoms with Gasteiger partial charge in [-0.05, 0) is 51.3 Å². The predicted molar refractivity (Wildman–Crippen MR) is 117 cm³/mol. The van der Waals surface area contributed by atoms with Gasteiger partial charge in [0.1, 0.15) is 11.6 Å². The van der Waals surface area contributed by atoms with Crippen LogP contribution in [-0.4, -0.2) is 60.0 Å². The van der Waals surface area contributed by atoms with Crippen molar-refractivity contribution in [2.45, 2.75) is 58.9 Å². The van der Waals surface area contributed by atoms with Crippen molar-refractivity contribution in [2.75, 3.05) is 31.9 Å². The van der Waals surface area contributed by atoms with Crippen LogP contribution in [-0.2, 0) is 14.8 Å². The maximum absolute atomic E-state index is 12.9. The summed E-state index contributed by atoms with van der Waals surface area (Å²) in [6.07, 6.45) is 7.83. The lowest BCUT2D eigenvalue weighted by Crippen LogP contribution is -2.51. The van der Waals surface area contributed by atoms with Crippen molar-refractivity contribution < 1.29 is 13.2 Å². The molecule has 2 heterocycles. The van der Waals surface area contributed by atoms with Gasteiger partial charge in [0, 0.05) is 43.6 Å². The molecule has 1 saturated carbocycles. The molecule has 2 aliphatic rings. The van der Waals surface area contributed by atoms with Gasteiger partial charge in [0.2, 0.25) is 10.0 Å². The van der Waals surface area contributed by atoms with E-state index in [-0.39, 0.29) is 30.3 Å². The molecule has 30 heavy (non-hydrogen) atoms. The minimum absolute atomic E-state index is 0.0565. The van der Waals surface area contributed by atoms with Crippen LogP contribution >= 0.6 is 0 Å². The first-order valence-corrected chi connectivity index (χ1v) is 12.5. The Morgan fingerprint density at radius 3 is 2.37 bits per heavy atom. The molecular weight excluding hydrogens is 400 g/mol. The van der Waals surface area contributed by atoms with E-state index < -0.39 is 10.0 Å². The summed E-state index contributed by atoms with van der Waals surface area (Å²) in [5.74, 6) is -0.269. The highest BCUT2D eigenvalue weighted by molar-refractivity contribution is 7.89. The lowest BCUT2D eigenvalue weighted by Gasteiger charge is -2.33. The van der Waals surface area contributed by atoms with Gasteiger partial charge in [-0.2, -0.15) is 9.57 Å². The molecule has 3 rings (SSSR count). The SMILES string of the molecule is CCS(=O)(=O)N1CCN(C(=O)/C(C#N)=C/c2cc(C)n(C3CCCCC3)c2C)CC1. The molecule has 1 aliphatic carbocycles. The molecule has 1 aromatic heterocycles. The Kier molecular flexibility index (Phi) is 7.04. The van der Waals surface area contributed by atoms with Crippen LogP contribution in [0.5, 0.6) is 0 Å². The first-order valence-electron chi connectivity index (χ1n) is 10.9. The molecule has 0 unspecified atom stereocenters. The highest BCUT2D eigenvalue weighted by Crippen LogP contribution is 2.32. The highest BCUT2D eigenvalue weighted by Gasteiger charge is 2.29. The fourth-order valence-corrected chi connectivity index (χ4v) is 5.75. The first-order chi connectivity index (χ1) is 14.3. The first kappa shape index (κ1) is 22.6. The molecule has 1 aliphatic heterocycles. The van der Waals surface area contributed by atoms with E-state index in [0.717, 1.165) is 17.0 Å². The topological polar surface area (TPSA) is 86.4 Å². The average molecular weight is 433 g/mol. The van der Waals surface area contributed by atoms with Crippen LogP contribution in [0, 0.1) is 25.2 Å². The van der Waals surface area contributed by atoms with E-state index in [2.05, 4.69) is 30.6 Å². The summed E-state index contributed by atoms with van der Waals surface area (Å²) >= 11 is 0. The molecule has 0 atom stereocenters. The number of rotatable bonds is 5. The van der Waals surface area contributed by atoms with E-state index in [4.69, 9.17) is 0 Å². The summed E-state index contributed by atoms with van der Waals surface area (Å²) in [4.78, 5) is 14.5. The number of carbonyl (C=O) groups is 1. The zero-order valence-corrected chi connectivity index (χ0v) is 19.0. The van der Waals surface area contributed by atoms with Gasteiger partial charge in [0.25, 0.3) is 5.91 Å². The molecule has 0 aromatic carbocycles. The Bertz CT molecular complexity index is 957. The van der Waals surface area contributed by atoms with Crippen molar-refractivity contribution >= 4 is 22.0 Å². The molecule has 164 valence electrons. The van der Waals surface area contributed by atoms with Crippen molar-refractivity contribution in [1.29, 1.82) is 5.26 Å². The molecule has 0 N–H and O–H groups in total. The summed E-state index contributed by atoms with van der Waals surface area (Å²) in [6.45, 7) is 6.92. The molecule has 1 amide bonds. The third-order valence-corrected chi connectivity index (χ3v) is 8.28. The van der Waals surface area contributed by atoms with E-state index >= 15 is 0 Å². The molecule has 0 bridgehead atoms. The third-order valence-electron chi connectivity index (χ3n) is 6.40. The summed E-state index contributed by atoms with van der Waals surface area (Å²) in [7, 11) is -3.25. The second-order valence-corrected chi connectivity index (χ2v) is 10.5. The highest BCUT2D eigenvalue weighted by atomic mass is 32.2. The largest absolute Gasteiger partial charge is 0.346 e. The molecule has 7 nitrogen and oxygen atoms in total. The van der Waals surface area contributed by atoms with Gasteiger partial charge >= 0.3 is 0 Å². The van der Waals surface area contributed by atoms with Crippen LogP contribution < -0.4 is 0 Å². The molecule has 2 fully saturated rings. The van der Waals surface area contributed by atoms with Gasteiger partial charge < -0.3 is 9.47 Å². The van der Waals surface area contributed by atoms with Gasteiger partial charge in [-0.25, -0.2) is 8.42 Å². The molecule has 8 heteroatoms. The fourth-order valence-electron chi connectivity index (χ4n) is 4.67. The van der Waals surface area contributed by atoms with Gasteiger partial charge in [-0.15, -0.1) is 0 Å². The normalized spacial score (nSPS) is 19.7. The van der Waals surface area contributed by atoms with Gasteiger partial charge in [-0.1, -0.05) is 19.3 Å². The maximum Gasteiger partial charge on any atom is 0.264 e. The quantitative estimate of drug-likeness (QED) is 0.529. The van der Waals surface area contributed by atoms with E-state index in [1.54, 1.807) is 17.9 Å². The molecule has 0 radical (unpaired) electrons. The van der Waals surface area contributed by atoms with Crippen LogP contribution in [0.2, 0.25) is 0 Å². The number of aryl methyl sites for hydroxylation is 1. The summed E-state index contributed by atoms with van der Waals surface area (Å²) in [6, 6.07) is 4.62. The fraction of sp³-hybridized carbons (Fsp3) is 0.636. The van der Waals surface area contributed by atoms with Crippen molar-refractivity contribution in [3.8, 4) is 6.07 Å². The Labute approximate surface area is 180 Å². The predicted octanol–water partition coefficient (Wildman–Crippen LogP) is 3.01. The van der Waals surface area contributed by atoms with Crippen LogP contribution in [0.1, 0.15) is 62.0 Å². The van der Waals surface area contributed by atoms with Gasteiger partial charge in [0.15, 0.2) is 0 Å². The van der Waals surface area contributed by atoms with Crippen molar-refractivity contribution in [2.24, 2.45) is 0 Å². The number of nitrogens with zero attached hydrogens (tertiary/aromatic N) is 4. The van der Waals surface area contributed by atoms with Crippen molar-refractivity contribution in [3.05, 3.63) is 28.6 Å². The number of piperazine rings is 1. The standard InChI is InChI=1S/C22H32N4O3S/c1-4-30(28,29)25-12-10-24(11-13-25)22(27)20(16-23)15-19-14-17(2)26(18(19)3)21-8-6-5-7-9-21/h14-15,21H,4-13H2,1-3H3/b20-15+. The molecule has 1 aromatic rings. The number of aromatic nitrogens is 1. The minimum atomic E-state index is -3.25. The average Bonchev–Trinajstić information content (AvgIpc) is 3.05. The number of amides is 1.